The number of nitrogens with two attached hydrogens (primary N) is 1. The average molecular weight is 272 g/mol. The molecule has 0 radical (unpaired) electrons. The zero-order chi connectivity index (χ0) is 14.1. The van der Waals surface area contributed by atoms with Crippen LogP contribution in [0.1, 0.15) is 24.8 Å². The Balaban J connectivity index is 1.70. The van der Waals surface area contributed by atoms with Crippen LogP contribution in [0.5, 0.6) is 0 Å². The summed E-state index contributed by atoms with van der Waals surface area (Å²) in [7, 11) is 0. The van der Waals surface area contributed by atoms with E-state index in [0.29, 0.717) is 17.5 Å². The van der Waals surface area contributed by atoms with Crippen LogP contribution in [-0.2, 0) is 4.79 Å². The number of amides is 1. The molecule has 0 heterocycles. The van der Waals surface area contributed by atoms with Crippen molar-refractivity contribution < 1.29 is 9.18 Å². The van der Waals surface area contributed by atoms with E-state index in [1.165, 1.54) is 25.3 Å². The van der Waals surface area contributed by atoms with Crippen LogP contribution < -0.4 is 11.1 Å². The van der Waals surface area contributed by atoms with Crippen molar-refractivity contribution in [2.45, 2.75) is 19.3 Å². The predicted molar refractivity (Wildman–Crippen MR) is 75.3 cm³/mol. The normalized spacial score (nSPS) is 26.4. The van der Waals surface area contributed by atoms with Gasteiger partial charge in [0.25, 0.3) is 0 Å². The van der Waals surface area contributed by atoms with Crippen molar-refractivity contribution in [1.29, 1.82) is 0 Å². The van der Waals surface area contributed by atoms with Crippen molar-refractivity contribution in [2.24, 2.45) is 23.5 Å². The van der Waals surface area contributed by atoms with Gasteiger partial charge in [0, 0.05) is 11.6 Å². The van der Waals surface area contributed by atoms with Crippen molar-refractivity contribution in [1.82, 2.24) is 0 Å². The number of halogens is 1. The zero-order valence-electron chi connectivity index (χ0n) is 11.2. The Morgan fingerprint density at radius 2 is 2.15 bits per heavy atom. The number of benzene rings is 1. The lowest BCUT2D eigenvalue weighted by Crippen LogP contribution is -2.16. The average Bonchev–Trinajstić information content (AvgIpc) is 2.93. The van der Waals surface area contributed by atoms with E-state index in [9.17, 15) is 9.18 Å². The van der Waals surface area contributed by atoms with Gasteiger partial charge in [-0.15, -0.1) is 0 Å². The number of hydrogen-bond acceptors (Lipinski definition) is 2. The summed E-state index contributed by atoms with van der Waals surface area (Å²) in [5.74, 6) is 6.26. The minimum absolute atomic E-state index is 0.0593. The third-order valence-electron chi connectivity index (χ3n) is 4.27. The van der Waals surface area contributed by atoms with E-state index >= 15 is 0 Å². The summed E-state index contributed by atoms with van der Waals surface area (Å²) in [6, 6.07) is 4.46. The van der Waals surface area contributed by atoms with Gasteiger partial charge in [-0.05, 0) is 42.9 Å². The molecule has 20 heavy (non-hydrogen) atoms. The highest BCUT2D eigenvalue weighted by molar-refractivity contribution is 5.95. The second-order valence-corrected chi connectivity index (χ2v) is 5.47. The predicted octanol–water partition coefficient (Wildman–Crippen LogP) is 2.12. The number of anilines is 1. The minimum atomic E-state index is -0.396. The van der Waals surface area contributed by atoms with Gasteiger partial charge in [-0.2, -0.15) is 0 Å². The molecule has 0 bridgehead atoms. The highest BCUT2D eigenvalue weighted by Crippen LogP contribution is 2.57. The highest BCUT2D eigenvalue weighted by atomic mass is 19.1. The number of nitrogens with one attached hydrogen (secondary N) is 1. The lowest BCUT2D eigenvalue weighted by Gasteiger charge is -2.07. The third-order valence-corrected chi connectivity index (χ3v) is 4.27. The SMILES string of the molecule is NCC#Cc1cc(NC(=O)C2C3CCCC32)ccc1F. The lowest BCUT2D eigenvalue weighted by molar-refractivity contribution is -0.118. The molecule has 2 fully saturated rings. The summed E-state index contributed by atoms with van der Waals surface area (Å²) in [6.07, 6.45) is 3.58. The molecule has 1 amide bonds. The lowest BCUT2D eigenvalue weighted by atomic mass is 10.1. The third kappa shape index (κ3) is 2.41. The smallest absolute Gasteiger partial charge is 0.228 e. The molecular formula is C16H17FN2O. The molecule has 3 N–H and O–H groups in total. The van der Waals surface area contributed by atoms with Crippen LogP contribution in [0.3, 0.4) is 0 Å². The van der Waals surface area contributed by atoms with Crippen LogP contribution in [0.2, 0.25) is 0 Å². The Kier molecular flexibility index (Phi) is 3.45. The van der Waals surface area contributed by atoms with Crippen LogP contribution in [0.15, 0.2) is 18.2 Å². The van der Waals surface area contributed by atoms with Crippen LogP contribution in [0.25, 0.3) is 0 Å². The first-order valence-electron chi connectivity index (χ1n) is 7.00. The minimum Gasteiger partial charge on any atom is -0.326 e. The van der Waals surface area contributed by atoms with E-state index in [0.717, 1.165) is 0 Å². The van der Waals surface area contributed by atoms with E-state index in [1.54, 1.807) is 12.1 Å². The Labute approximate surface area is 117 Å². The van der Waals surface area contributed by atoms with Crippen molar-refractivity contribution >= 4 is 11.6 Å². The summed E-state index contributed by atoms with van der Waals surface area (Å²) in [5, 5.41) is 2.87. The van der Waals surface area contributed by atoms with Crippen molar-refractivity contribution in [3.63, 3.8) is 0 Å². The first kappa shape index (κ1) is 13.1. The highest BCUT2D eigenvalue weighted by Gasteiger charge is 2.56. The van der Waals surface area contributed by atoms with Crippen LogP contribution in [-0.4, -0.2) is 12.5 Å². The number of hydrogen-bond donors (Lipinski definition) is 2. The summed E-state index contributed by atoms with van der Waals surface area (Å²) < 4.78 is 13.5. The molecule has 0 aromatic heterocycles. The summed E-state index contributed by atoms with van der Waals surface area (Å²) in [4.78, 5) is 12.1. The molecule has 104 valence electrons. The van der Waals surface area contributed by atoms with Gasteiger partial charge < -0.3 is 11.1 Å². The maximum Gasteiger partial charge on any atom is 0.228 e. The molecule has 0 spiro atoms. The Morgan fingerprint density at radius 1 is 1.40 bits per heavy atom. The molecule has 2 atom stereocenters. The van der Waals surface area contributed by atoms with Gasteiger partial charge in [0.05, 0.1) is 12.1 Å². The summed E-state index contributed by atoms with van der Waals surface area (Å²) in [6.45, 7) is 0.182. The van der Waals surface area contributed by atoms with Crippen molar-refractivity contribution in [2.75, 3.05) is 11.9 Å². The fourth-order valence-corrected chi connectivity index (χ4v) is 3.28. The molecule has 4 heteroatoms. The maximum absolute atomic E-state index is 13.5. The number of carbonyl (C=O) groups excluding carboxylic acids is 1. The molecule has 2 unspecified atom stereocenters. The standard InChI is InChI=1S/C16H17FN2O/c17-14-7-6-11(9-10(14)3-2-8-18)19-16(20)15-12-4-1-5-13(12)15/h6-7,9,12-13,15H,1,4-5,8,18H2,(H,19,20). The molecule has 1 aromatic rings. The van der Waals surface area contributed by atoms with Gasteiger partial charge in [-0.25, -0.2) is 4.39 Å². The molecule has 2 aliphatic rings. The quantitative estimate of drug-likeness (QED) is 0.810. The molecular weight excluding hydrogens is 255 g/mol. The monoisotopic (exact) mass is 272 g/mol. The van der Waals surface area contributed by atoms with Gasteiger partial charge in [-0.3, -0.25) is 4.79 Å². The largest absolute Gasteiger partial charge is 0.326 e. The number of carbonyl (C=O) groups is 1. The molecule has 0 aliphatic heterocycles. The second kappa shape index (κ2) is 5.26. The van der Waals surface area contributed by atoms with Gasteiger partial charge in [-0.1, -0.05) is 18.3 Å². The van der Waals surface area contributed by atoms with Crippen molar-refractivity contribution in [3.8, 4) is 11.8 Å². The first-order chi connectivity index (χ1) is 9.70. The molecule has 1 aromatic carbocycles. The van der Waals surface area contributed by atoms with Gasteiger partial charge >= 0.3 is 0 Å². The van der Waals surface area contributed by atoms with E-state index in [1.807, 2.05) is 0 Å². The van der Waals surface area contributed by atoms with E-state index in [-0.39, 0.29) is 23.9 Å². The van der Waals surface area contributed by atoms with Crippen LogP contribution in [0, 0.1) is 35.4 Å². The number of fused-ring (bicyclic) bond motifs is 1. The molecule has 2 aliphatic carbocycles. The topological polar surface area (TPSA) is 55.1 Å². The van der Waals surface area contributed by atoms with E-state index in [4.69, 9.17) is 5.73 Å². The fraction of sp³-hybridized carbons (Fsp3) is 0.438. The molecule has 2 saturated carbocycles. The second-order valence-electron chi connectivity index (χ2n) is 5.47. The molecule has 0 saturated heterocycles. The van der Waals surface area contributed by atoms with Gasteiger partial charge in [0.2, 0.25) is 5.91 Å². The van der Waals surface area contributed by atoms with Gasteiger partial charge in [0.15, 0.2) is 0 Å². The Bertz CT molecular complexity index is 592. The zero-order valence-corrected chi connectivity index (χ0v) is 11.2. The maximum atomic E-state index is 13.5. The van der Waals surface area contributed by atoms with Crippen molar-refractivity contribution in [3.05, 3.63) is 29.6 Å². The summed E-state index contributed by atoms with van der Waals surface area (Å²) in [5.41, 5.74) is 6.15. The molecule has 3 rings (SSSR count). The summed E-state index contributed by atoms with van der Waals surface area (Å²) >= 11 is 0. The van der Waals surface area contributed by atoms with E-state index in [2.05, 4.69) is 17.2 Å². The van der Waals surface area contributed by atoms with Crippen LogP contribution >= 0.6 is 0 Å². The first-order valence-corrected chi connectivity index (χ1v) is 7.00. The fourth-order valence-electron chi connectivity index (χ4n) is 3.28. The Morgan fingerprint density at radius 3 is 2.85 bits per heavy atom. The van der Waals surface area contributed by atoms with E-state index < -0.39 is 5.82 Å². The van der Waals surface area contributed by atoms with Gasteiger partial charge in [0.1, 0.15) is 5.82 Å². The number of rotatable bonds is 2. The molecule has 3 nitrogen and oxygen atoms in total. The van der Waals surface area contributed by atoms with Crippen LogP contribution in [0.4, 0.5) is 10.1 Å². The Hall–Kier alpha value is -1.86.